The number of hydrogen-bond acceptors (Lipinski definition) is 0. The lowest BCUT2D eigenvalue weighted by Crippen LogP contribution is -1.79. The Morgan fingerprint density at radius 3 is 1.44 bits per heavy atom. The van der Waals surface area contributed by atoms with E-state index in [1.54, 1.807) is 18.2 Å². The van der Waals surface area contributed by atoms with Crippen molar-refractivity contribution in [3.63, 3.8) is 0 Å². The molecule has 0 nitrogen and oxygen atoms in total. The maximum atomic E-state index is 7.69. The second kappa shape index (κ2) is 4.89. The Balaban J connectivity index is 1.97. The molecule has 0 aliphatic carbocycles. The van der Waals surface area contributed by atoms with Crippen LogP contribution in [-0.2, 0) is 0 Å². The lowest BCUT2D eigenvalue weighted by molar-refractivity contribution is 1.59. The molecule has 0 saturated carbocycles. The fourth-order valence-corrected chi connectivity index (χ4v) is 1.95. The topological polar surface area (TPSA) is 0 Å². The van der Waals surface area contributed by atoms with E-state index in [0.29, 0.717) is 18.1 Å². The smallest absolute Gasteiger partial charge is 0.0622 e. The molecular formula is C18H14. The van der Waals surface area contributed by atoms with Crippen molar-refractivity contribution in [2.75, 3.05) is 0 Å². The fourth-order valence-electron chi connectivity index (χ4n) is 1.95. The fraction of sp³-hybridized carbons (Fsp3) is 0. The van der Waals surface area contributed by atoms with Gasteiger partial charge in [-0.1, -0.05) is 84.9 Å². The molecule has 0 fully saturated rings. The van der Waals surface area contributed by atoms with E-state index in [9.17, 15) is 0 Å². The minimum Gasteiger partial charge on any atom is -0.0622 e. The van der Waals surface area contributed by atoms with Crippen molar-refractivity contribution < 1.29 is 4.11 Å². The van der Waals surface area contributed by atoms with Gasteiger partial charge in [0.25, 0.3) is 0 Å². The minimum atomic E-state index is 0.350. The Kier molecular flexibility index (Phi) is 2.14. The molecule has 0 saturated heterocycles. The largest absolute Gasteiger partial charge is 0.0623 e. The molecule has 0 amide bonds. The third-order valence-electron chi connectivity index (χ3n) is 2.90. The van der Waals surface area contributed by atoms with E-state index in [-0.39, 0.29) is 0 Å². The van der Waals surface area contributed by atoms with Gasteiger partial charge in [-0.25, -0.2) is 0 Å². The molecule has 0 bridgehead atoms. The molecule has 3 aromatic rings. The van der Waals surface area contributed by atoms with Gasteiger partial charge in [-0.15, -0.1) is 0 Å². The molecule has 18 heavy (non-hydrogen) atoms. The van der Waals surface area contributed by atoms with Crippen LogP contribution in [0.25, 0.3) is 22.3 Å². The number of benzene rings is 3. The molecule has 0 aliphatic rings. The van der Waals surface area contributed by atoms with E-state index < -0.39 is 0 Å². The van der Waals surface area contributed by atoms with E-state index in [0.717, 1.165) is 22.3 Å². The predicted octanol–water partition coefficient (Wildman–Crippen LogP) is 5.02. The van der Waals surface area contributed by atoms with Crippen molar-refractivity contribution >= 4 is 0 Å². The van der Waals surface area contributed by atoms with Crippen molar-refractivity contribution in [1.82, 2.24) is 0 Å². The molecule has 0 N–H and O–H groups in total. The Morgan fingerprint density at radius 2 is 0.889 bits per heavy atom. The van der Waals surface area contributed by atoms with Crippen LogP contribution in [0.5, 0.6) is 0 Å². The molecule has 3 aromatic carbocycles. The van der Waals surface area contributed by atoms with E-state index in [2.05, 4.69) is 0 Å². The number of rotatable bonds is 2. The summed E-state index contributed by atoms with van der Waals surface area (Å²) >= 11 is 0. The van der Waals surface area contributed by atoms with Crippen molar-refractivity contribution in [1.29, 1.82) is 0 Å². The van der Waals surface area contributed by atoms with Gasteiger partial charge in [0.05, 0.1) is 4.11 Å². The SMILES string of the molecule is [2H]c1cccc(-c2ccc(-c3cc([2H])cc([2H])c3)cc2)c1. The van der Waals surface area contributed by atoms with Crippen LogP contribution in [-0.4, -0.2) is 0 Å². The van der Waals surface area contributed by atoms with Gasteiger partial charge >= 0.3 is 0 Å². The first-order valence-corrected chi connectivity index (χ1v) is 5.87. The molecule has 0 unspecified atom stereocenters. The first kappa shape index (κ1) is 7.88. The zero-order valence-corrected chi connectivity index (χ0v) is 9.85. The second-order valence-corrected chi connectivity index (χ2v) is 4.09. The summed E-state index contributed by atoms with van der Waals surface area (Å²) in [6.45, 7) is 0. The summed E-state index contributed by atoms with van der Waals surface area (Å²) in [6, 6.07) is 21.7. The second-order valence-electron chi connectivity index (χ2n) is 4.09. The van der Waals surface area contributed by atoms with Crippen LogP contribution in [0.2, 0.25) is 0 Å². The molecule has 0 heterocycles. The van der Waals surface area contributed by atoms with Gasteiger partial charge < -0.3 is 0 Å². The molecular weight excluding hydrogens is 216 g/mol. The molecule has 3 rings (SSSR count). The van der Waals surface area contributed by atoms with Crippen LogP contribution >= 0.6 is 0 Å². The quantitative estimate of drug-likeness (QED) is 0.583. The highest BCUT2D eigenvalue weighted by Gasteiger charge is 1.98. The van der Waals surface area contributed by atoms with Crippen LogP contribution in [0.3, 0.4) is 0 Å². The summed E-state index contributed by atoms with van der Waals surface area (Å²) < 4.78 is 23.0. The summed E-state index contributed by atoms with van der Waals surface area (Å²) in [7, 11) is 0. The van der Waals surface area contributed by atoms with Gasteiger partial charge in [-0.05, 0) is 22.3 Å². The van der Waals surface area contributed by atoms with Crippen molar-refractivity contribution in [3.05, 3.63) is 84.9 Å². The van der Waals surface area contributed by atoms with Crippen LogP contribution in [0.15, 0.2) is 84.9 Å². The van der Waals surface area contributed by atoms with E-state index in [4.69, 9.17) is 4.11 Å². The lowest BCUT2D eigenvalue weighted by Gasteiger charge is -2.04. The van der Waals surface area contributed by atoms with Crippen molar-refractivity contribution in [2.45, 2.75) is 0 Å². The molecule has 0 atom stereocenters. The third kappa shape index (κ3) is 2.18. The average Bonchev–Trinajstić information content (AvgIpc) is 2.46. The van der Waals surface area contributed by atoms with E-state index >= 15 is 0 Å². The highest BCUT2D eigenvalue weighted by molar-refractivity contribution is 5.70. The Bertz CT molecular complexity index is 756. The van der Waals surface area contributed by atoms with Crippen LogP contribution in [0.1, 0.15) is 4.11 Å². The van der Waals surface area contributed by atoms with Gasteiger partial charge in [0.15, 0.2) is 0 Å². The third-order valence-corrected chi connectivity index (χ3v) is 2.90. The van der Waals surface area contributed by atoms with E-state index in [1.165, 1.54) is 6.07 Å². The maximum Gasteiger partial charge on any atom is 0.0623 e. The monoisotopic (exact) mass is 233 g/mol. The van der Waals surface area contributed by atoms with Crippen LogP contribution in [0.4, 0.5) is 0 Å². The zero-order chi connectivity index (χ0) is 14.8. The first-order chi connectivity index (χ1) is 10.1. The van der Waals surface area contributed by atoms with Gasteiger partial charge in [0, 0.05) is 0 Å². The molecule has 86 valence electrons. The molecule has 0 spiro atoms. The summed E-state index contributed by atoms with van der Waals surface area (Å²) in [5.41, 5.74) is 3.95. The summed E-state index contributed by atoms with van der Waals surface area (Å²) in [5, 5.41) is 0. The summed E-state index contributed by atoms with van der Waals surface area (Å²) in [4.78, 5) is 0. The average molecular weight is 233 g/mol. The first-order valence-electron chi connectivity index (χ1n) is 7.37. The molecule has 0 heteroatoms. The maximum absolute atomic E-state index is 7.69. The molecule has 0 aromatic heterocycles. The highest BCUT2D eigenvalue weighted by Crippen LogP contribution is 2.24. The normalized spacial score (nSPS) is 12.6. The van der Waals surface area contributed by atoms with Gasteiger partial charge in [0.1, 0.15) is 0 Å². The molecule has 0 radical (unpaired) electrons. The van der Waals surface area contributed by atoms with Crippen LogP contribution in [0, 0.1) is 0 Å². The van der Waals surface area contributed by atoms with Crippen LogP contribution < -0.4 is 0 Å². The molecule has 0 aliphatic heterocycles. The van der Waals surface area contributed by atoms with Gasteiger partial charge in [-0.3, -0.25) is 0 Å². The standard InChI is InChI=1S/C18H14/c1-3-7-15(8-4-1)17-11-13-18(14-12-17)16-9-5-2-6-10-16/h1-14H/i3D,4D,5D. The van der Waals surface area contributed by atoms with Gasteiger partial charge in [-0.2, -0.15) is 0 Å². The predicted molar refractivity (Wildman–Crippen MR) is 77.3 cm³/mol. The Labute approximate surface area is 112 Å². The number of hydrogen-bond donors (Lipinski definition) is 0. The van der Waals surface area contributed by atoms with E-state index in [1.807, 2.05) is 42.5 Å². The highest BCUT2D eigenvalue weighted by atomic mass is 14.0. The van der Waals surface area contributed by atoms with Gasteiger partial charge in [0.2, 0.25) is 0 Å². The summed E-state index contributed by atoms with van der Waals surface area (Å²) in [5.74, 6) is 0. The van der Waals surface area contributed by atoms with Crippen molar-refractivity contribution in [3.8, 4) is 22.3 Å². The minimum absolute atomic E-state index is 0.350. The lowest BCUT2D eigenvalue weighted by atomic mass is 10.0. The Morgan fingerprint density at radius 1 is 0.444 bits per heavy atom. The van der Waals surface area contributed by atoms with Crippen molar-refractivity contribution in [2.24, 2.45) is 0 Å². The Hall–Kier alpha value is -2.34. The summed E-state index contributed by atoms with van der Waals surface area (Å²) in [6.07, 6.45) is 0. The zero-order valence-electron chi connectivity index (χ0n) is 12.9.